The van der Waals surface area contributed by atoms with Gasteiger partial charge in [-0.1, -0.05) is 0 Å². The van der Waals surface area contributed by atoms with Gasteiger partial charge in [0.25, 0.3) is 0 Å². The van der Waals surface area contributed by atoms with Gasteiger partial charge in [-0.2, -0.15) is 0 Å². The molecule has 0 saturated carbocycles. The Morgan fingerprint density at radius 3 is 2.60 bits per heavy atom. The Morgan fingerprint density at radius 2 is 2.05 bits per heavy atom. The van der Waals surface area contributed by atoms with Crippen LogP contribution in [0.25, 0.3) is 0 Å². The summed E-state index contributed by atoms with van der Waals surface area (Å²) in [7, 11) is -3.58. The van der Waals surface area contributed by atoms with Crippen molar-refractivity contribution in [3.8, 4) is 5.75 Å². The lowest BCUT2D eigenvalue weighted by molar-refractivity contribution is 0.340. The van der Waals surface area contributed by atoms with E-state index in [1.165, 1.54) is 12.1 Å². The average molecular weight is 295 g/mol. The molecule has 108 valence electrons. The van der Waals surface area contributed by atoms with Crippen LogP contribution in [0.2, 0.25) is 0 Å². The summed E-state index contributed by atoms with van der Waals surface area (Å²) >= 11 is 0. The monoisotopic (exact) mass is 295 g/mol. The lowest BCUT2D eigenvalue weighted by atomic mass is 10.3. The fraction of sp³-hybridized carbons (Fsp3) is 0.308. The lowest BCUT2D eigenvalue weighted by Crippen LogP contribution is -2.27. The SMILES string of the molecule is CCOc1ccc(S(=O)(=O)NC(C)c2ncc[nH]2)cc1. The zero-order valence-electron chi connectivity index (χ0n) is 11.3. The molecule has 0 amide bonds. The number of benzene rings is 1. The number of hydrogen-bond donors (Lipinski definition) is 2. The second-order valence-corrected chi connectivity index (χ2v) is 5.94. The standard InChI is InChI=1S/C13H17N3O3S/c1-3-19-11-4-6-12(7-5-11)20(17,18)16-10(2)13-14-8-9-15-13/h4-10,16H,3H2,1-2H3,(H,14,15). The van der Waals surface area contributed by atoms with Crippen molar-refractivity contribution in [2.24, 2.45) is 0 Å². The zero-order valence-corrected chi connectivity index (χ0v) is 12.1. The smallest absolute Gasteiger partial charge is 0.241 e. The molecule has 0 aliphatic heterocycles. The first kappa shape index (κ1) is 14.5. The quantitative estimate of drug-likeness (QED) is 0.851. The van der Waals surface area contributed by atoms with Gasteiger partial charge >= 0.3 is 0 Å². The summed E-state index contributed by atoms with van der Waals surface area (Å²) in [5, 5.41) is 0. The van der Waals surface area contributed by atoms with E-state index in [-0.39, 0.29) is 4.90 Å². The fourth-order valence-corrected chi connectivity index (χ4v) is 2.96. The first-order valence-corrected chi connectivity index (χ1v) is 7.75. The molecule has 0 fully saturated rings. The topological polar surface area (TPSA) is 84.1 Å². The Kier molecular flexibility index (Phi) is 4.41. The summed E-state index contributed by atoms with van der Waals surface area (Å²) in [5.74, 6) is 1.21. The van der Waals surface area contributed by atoms with Crippen LogP contribution in [0.1, 0.15) is 25.7 Å². The number of imidazole rings is 1. The molecule has 0 aliphatic carbocycles. The minimum absolute atomic E-state index is 0.194. The zero-order chi connectivity index (χ0) is 14.6. The largest absolute Gasteiger partial charge is 0.494 e. The van der Waals surface area contributed by atoms with Gasteiger partial charge in [0.2, 0.25) is 10.0 Å². The van der Waals surface area contributed by atoms with Crippen LogP contribution >= 0.6 is 0 Å². The summed E-state index contributed by atoms with van der Waals surface area (Å²) in [6.07, 6.45) is 3.23. The van der Waals surface area contributed by atoms with E-state index >= 15 is 0 Å². The summed E-state index contributed by atoms with van der Waals surface area (Å²) in [6.45, 7) is 4.14. The first-order valence-electron chi connectivity index (χ1n) is 6.27. The minimum atomic E-state index is -3.58. The minimum Gasteiger partial charge on any atom is -0.494 e. The Balaban J connectivity index is 2.13. The Labute approximate surface area is 118 Å². The maximum atomic E-state index is 12.2. The molecular weight excluding hydrogens is 278 g/mol. The van der Waals surface area contributed by atoms with Crippen LogP contribution in [-0.2, 0) is 10.0 Å². The predicted molar refractivity (Wildman–Crippen MR) is 74.9 cm³/mol. The Morgan fingerprint density at radius 1 is 1.35 bits per heavy atom. The molecule has 1 heterocycles. The van der Waals surface area contributed by atoms with Crippen molar-refractivity contribution in [1.29, 1.82) is 0 Å². The van der Waals surface area contributed by atoms with Crippen LogP contribution in [0.5, 0.6) is 5.75 Å². The highest BCUT2D eigenvalue weighted by molar-refractivity contribution is 7.89. The number of H-pyrrole nitrogens is 1. The molecule has 0 spiro atoms. The number of nitrogens with one attached hydrogen (secondary N) is 2. The molecule has 0 saturated heterocycles. The highest BCUT2D eigenvalue weighted by Gasteiger charge is 2.19. The van der Waals surface area contributed by atoms with E-state index in [0.717, 1.165) is 0 Å². The molecule has 6 nitrogen and oxygen atoms in total. The normalized spacial score (nSPS) is 13.1. The number of hydrogen-bond acceptors (Lipinski definition) is 4. The number of nitrogens with zero attached hydrogens (tertiary/aromatic N) is 1. The molecule has 2 N–H and O–H groups in total. The van der Waals surface area contributed by atoms with Crippen LogP contribution in [0, 0.1) is 0 Å². The summed E-state index contributed by atoms with van der Waals surface area (Å²) in [4.78, 5) is 7.10. The van der Waals surface area contributed by atoms with Gasteiger partial charge in [0.15, 0.2) is 0 Å². The second kappa shape index (κ2) is 6.06. The number of aromatic amines is 1. The molecule has 1 aromatic carbocycles. The van der Waals surface area contributed by atoms with Crippen molar-refractivity contribution < 1.29 is 13.2 Å². The van der Waals surface area contributed by atoms with Crippen LogP contribution < -0.4 is 9.46 Å². The Hall–Kier alpha value is -1.86. The molecule has 0 radical (unpaired) electrons. The van der Waals surface area contributed by atoms with Gasteiger partial charge in [-0.15, -0.1) is 0 Å². The number of ether oxygens (including phenoxy) is 1. The molecule has 7 heteroatoms. The van der Waals surface area contributed by atoms with Crippen molar-refractivity contribution in [3.05, 3.63) is 42.5 Å². The fourth-order valence-electron chi connectivity index (χ4n) is 1.75. The van der Waals surface area contributed by atoms with E-state index in [9.17, 15) is 8.42 Å². The molecule has 1 unspecified atom stereocenters. The van der Waals surface area contributed by atoms with Crippen LogP contribution in [0.4, 0.5) is 0 Å². The van der Waals surface area contributed by atoms with Crippen molar-refractivity contribution in [3.63, 3.8) is 0 Å². The van der Waals surface area contributed by atoms with Gasteiger partial charge in [0.1, 0.15) is 11.6 Å². The van der Waals surface area contributed by atoms with Crippen LogP contribution in [0.15, 0.2) is 41.6 Å². The van der Waals surface area contributed by atoms with Gasteiger partial charge in [0, 0.05) is 12.4 Å². The van der Waals surface area contributed by atoms with Gasteiger partial charge in [-0.05, 0) is 38.1 Å². The number of aromatic nitrogens is 2. The molecule has 2 rings (SSSR count). The maximum absolute atomic E-state index is 12.2. The van der Waals surface area contributed by atoms with E-state index < -0.39 is 16.1 Å². The highest BCUT2D eigenvalue weighted by Crippen LogP contribution is 2.18. The summed E-state index contributed by atoms with van der Waals surface area (Å²) < 4.78 is 32.3. The lowest BCUT2D eigenvalue weighted by Gasteiger charge is -2.12. The number of sulfonamides is 1. The van der Waals surface area contributed by atoms with Gasteiger partial charge in [-0.25, -0.2) is 18.1 Å². The van der Waals surface area contributed by atoms with E-state index in [4.69, 9.17) is 4.74 Å². The van der Waals surface area contributed by atoms with E-state index in [1.54, 1.807) is 31.5 Å². The summed E-state index contributed by atoms with van der Waals surface area (Å²) in [5.41, 5.74) is 0. The second-order valence-electron chi connectivity index (χ2n) is 4.22. The van der Waals surface area contributed by atoms with Crippen molar-refractivity contribution in [2.45, 2.75) is 24.8 Å². The third kappa shape index (κ3) is 3.37. The molecule has 1 atom stereocenters. The van der Waals surface area contributed by atoms with Gasteiger partial charge in [0.05, 0.1) is 17.5 Å². The first-order chi connectivity index (χ1) is 9.53. The van der Waals surface area contributed by atoms with Crippen molar-refractivity contribution in [1.82, 2.24) is 14.7 Å². The predicted octanol–water partition coefficient (Wildman–Crippen LogP) is 1.85. The summed E-state index contributed by atoms with van der Waals surface area (Å²) in [6, 6.07) is 5.87. The third-order valence-electron chi connectivity index (χ3n) is 2.71. The van der Waals surface area contributed by atoms with Gasteiger partial charge in [-0.3, -0.25) is 0 Å². The molecule has 1 aromatic heterocycles. The third-order valence-corrected chi connectivity index (χ3v) is 4.26. The van der Waals surface area contributed by atoms with E-state index in [0.29, 0.717) is 18.2 Å². The average Bonchev–Trinajstić information content (AvgIpc) is 2.93. The van der Waals surface area contributed by atoms with E-state index in [1.807, 2.05) is 6.92 Å². The van der Waals surface area contributed by atoms with Gasteiger partial charge < -0.3 is 9.72 Å². The van der Waals surface area contributed by atoms with Crippen molar-refractivity contribution in [2.75, 3.05) is 6.61 Å². The van der Waals surface area contributed by atoms with Crippen LogP contribution in [-0.4, -0.2) is 25.0 Å². The van der Waals surface area contributed by atoms with E-state index in [2.05, 4.69) is 14.7 Å². The Bertz CT molecular complexity index is 636. The van der Waals surface area contributed by atoms with Crippen molar-refractivity contribution >= 4 is 10.0 Å². The number of rotatable bonds is 6. The highest BCUT2D eigenvalue weighted by atomic mass is 32.2. The molecule has 0 bridgehead atoms. The maximum Gasteiger partial charge on any atom is 0.241 e. The molecule has 2 aromatic rings. The molecule has 0 aliphatic rings. The van der Waals surface area contributed by atoms with Crippen LogP contribution in [0.3, 0.4) is 0 Å². The molecule has 20 heavy (non-hydrogen) atoms. The molecular formula is C13H17N3O3S.